The van der Waals surface area contributed by atoms with Gasteiger partial charge in [-0.15, -0.1) is 0 Å². The number of nitrogens with one attached hydrogen (secondary N) is 1. The van der Waals surface area contributed by atoms with Crippen molar-refractivity contribution in [3.05, 3.63) is 18.2 Å². The topological polar surface area (TPSA) is 50.1 Å². The first-order valence-electron chi connectivity index (χ1n) is 5.56. The summed E-state index contributed by atoms with van der Waals surface area (Å²) >= 11 is 0. The third-order valence-corrected chi connectivity index (χ3v) is 2.58. The third kappa shape index (κ3) is 3.04. The first kappa shape index (κ1) is 12.2. The van der Waals surface area contributed by atoms with E-state index in [1.54, 1.807) is 6.20 Å². The van der Waals surface area contributed by atoms with Crippen molar-refractivity contribution in [3.63, 3.8) is 0 Å². The number of rotatable bonds is 6. The fourth-order valence-electron chi connectivity index (χ4n) is 1.65. The van der Waals surface area contributed by atoms with Crippen LogP contribution in [0.5, 0.6) is 0 Å². The molecule has 15 heavy (non-hydrogen) atoms. The Kier molecular flexibility index (Phi) is 4.29. The summed E-state index contributed by atoms with van der Waals surface area (Å²) in [6.07, 6.45) is 4.31. The molecular formula is C11H21N3O. The van der Waals surface area contributed by atoms with Gasteiger partial charge in [0.1, 0.15) is 11.4 Å². The zero-order valence-corrected chi connectivity index (χ0v) is 9.82. The number of hydrogen-bond acceptors (Lipinski definition) is 3. The van der Waals surface area contributed by atoms with Crippen molar-refractivity contribution in [1.82, 2.24) is 14.9 Å². The molecule has 86 valence electrons. The molecule has 0 radical (unpaired) electrons. The molecule has 0 fully saturated rings. The van der Waals surface area contributed by atoms with Crippen LogP contribution in [0.15, 0.2) is 12.4 Å². The van der Waals surface area contributed by atoms with E-state index in [9.17, 15) is 5.11 Å². The first-order valence-corrected chi connectivity index (χ1v) is 5.56. The van der Waals surface area contributed by atoms with Gasteiger partial charge in [0.05, 0.1) is 0 Å². The Balaban J connectivity index is 2.67. The molecule has 0 aromatic carbocycles. The molecule has 0 spiro atoms. The minimum atomic E-state index is -0.846. The fraction of sp³-hybridized carbons (Fsp3) is 0.727. The van der Waals surface area contributed by atoms with Crippen LogP contribution in [0.1, 0.15) is 33.0 Å². The monoisotopic (exact) mass is 211 g/mol. The maximum atomic E-state index is 10.3. The van der Waals surface area contributed by atoms with Gasteiger partial charge < -0.3 is 15.0 Å². The van der Waals surface area contributed by atoms with Crippen molar-refractivity contribution in [3.8, 4) is 0 Å². The van der Waals surface area contributed by atoms with Gasteiger partial charge in [-0.3, -0.25) is 0 Å². The highest BCUT2D eigenvalue weighted by Gasteiger charge is 2.26. The Morgan fingerprint density at radius 1 is 1.53 bits per heavy atom. The number of imidazole rings is 1. The smallest absolute Gasteiger partial charge is 0.140 e. The zero-order chi connectivity index (χ0) is 11.3. The van der Waals surface area contributed by atoms with E-state index in [0.29, 0.717) is 6.42 Å². The minimum Gasteiger partial charge on any atom is -0.382 e. The molecule has 1 unspecified atom stereocenters. The molecule has 0 aliphatic rings. The average molecular weight is 211 g/mol. The van der Waals surface area contributed by atoms with Crippen LogP contribution < -0.4 is 5.32 Å². The van der Waals surface area contributed by atoms with Crippen LogP contribution in [0.25, 0.3) is 0 Å². The van der Waals surface area contributed by atoms with Crippen molar-refractivity contribution in [1.29, 1.82) is 0 Å². The highest BCUT2D eigenvalue weighted by Crippen LogP contribution is 2.22. The molecule has 2 N–H and O–H groups in total. The number of nitrogens with zero attached hydrogens (tertiary/aromatic N) is 2. The molecule has 0 amide bonds. The second-order valence-corrected chi connectivity index (χ2v) is 3.91. The van der Waals surface area contributed by atoms with Crippen LogP contribution in [0, 0.1) is 0 Å². The van der Waals surface area contributed by atoms with E-state index in [1.807, 2.05) is 24.6 Å². The van der Waals surface area contributed by atoms with E-state index in [1.165, 1.54) is 0 Å². The van der Waals surface area contributed by atoms with Crippen LogP contribution >= 0.6 is 0 Å². The van der Waals surface area contributed by atoms with Gasteiger partial charge in [0, 0.05) is 18.9 Å². The molecule has 1 rings (SSSR count). The van der Waals surface area contributed by atoms with E-state index in [0.717, 1.165) is 25.5 Å². The summed E-state index contributed by atoms with van der Waals surface area (Å²) in [5.74, 6) is 0.753. The van der Waals surface area contributed by atoms with Crippen molar-refractivity contribution < 1.29 is 5.11 Å². The van der Waals surface area contributed by atoms with Gasteiger partial charge in [-0.05, 0) is 33.4 Å². The van der Waals surface area contributed by atoms with E-state index in [2.05, 4.69) is 17.2 Å². The summed E-state index contributed by atoms with van der Waals surface area (Å²) < 4.78 is 1.98. The Labute approximate surface area is 91.3 Å². The second-order valence-electron chi connectivity index (χ2n) is 3.91. The van der Waals surface area contributed by atoms with Crippen LogP contribution in [-0.2, 0) is 12.1 Å². The summed E-state index contributed by atoms with van der Waals surface area (Å²) in [4.78, 5) is 4.22. The van der Waals surface area contributed by atoms with Crippen LogP contribution in [-0.4, -0.2) is 27.7 Å². The lowest BCUT2D eigenvalue weighted by molar-refractivity contribution is 0.0354. The Bertz CT molecular complexity index is 294. The highest BCUT2D eigenvalue weighted by atomic mass is 16.3. The van der Waals surface area contributed by atoms with Gasteiger partial charge in [0.15, 0.2) is 0 Å². The van der Waals surface area contributed by atoms with E-state index >= 15 is 0 Å². The molecule has 0 aliphatic carbocycles. The third-order valence-electron chi connectivity index (χ3n) is 2.58. The van der Waals surface area contributed by atoms with Gasteiger partial charge in [-0.2, -0.15) is 0 Å². The summed E-state index contributed by atoms with van der Waals surface area (Å²) in [5, 5.41) is 13.5. The van der Waals surface area contributed by atoms with Crippen molar-refractivity contribution in [2.75, 3.05) is 13.1 Å². The van der Waals surface area contributed by atoms with Gasteiger partial charge in [-0.1, -0.05) is 6.92 Å². The zero-order valence-electron chi connectivity index (χ0n) is 9.82. The maximum Gasteiger partial charge on any atom is 0.140 e. The van der Waals surface area contributed by atoms with Gasteiger partial charge in [0.25, 0.3) is 0 Å². The molecule has 1 heterocycles. The number of aromatic nitrogens is 2. The molecular weight excluding hydrogens is 190 g/mol. The summed E-state index contributed by atoms with van der Waals surface area (Å²) in [6, 6.07) is 0. The fourth-order valence-corrected chi connectivity index (χ4v) is 1.65. The van der Waals surface area contributed by atoms with Gasteiger partial charge in [0.2, 0.25) is 0 Å². The Morgan fingerprint density at radius 3 is 2.87 bits per heavy atom. The van der Waals surface area contributed by atoms with Crippen LogP contribution in [0.3, 0.4) is 0 Å². The molecule has 0 saturated carbocycles. The Morgan fingerprint density at radius 2 is 2.27 bits per heavy atom. The molecule has 4 nitrogen and oxygen atoms in total. The number of aliphatic hydroxyl groups is 1. The molecule has 1 atom stereocenters. The van der Waals surface area contributed by atoms with Gasteiger partial charge >= 0.3 is 0 Å². The van der Waals surface area contributed by atoms with Crippen LogP contribution in [0.4, 0.5) is 0 Å². The van der Waals surface area contributed by atoms with E-state index in [4.69, 9.17) is 0 Å². The first-order chi connectivity index (χ1) is 7.11. The maximum absolute atomic E-state index is 10.3. The van der Waals surface area contributed by atoms with Crippen molar-refractivity contribution in [2.24, 2.45) is 0 Å². The van der Waals surface area contributed by atoms with Gasteiger partial charge in [-0.25, -0.2) is 4.98 Å². The standard InChI is InChI=1S/C11H21N3O/c1-4-12-7-6-11(3,15)10-13-8-9-14(10)5-2/h8-9,12,15H,4-7H2,1-3H3. The molecule has 1 aromatic rings. The van der Waals surface area contributed by atoms with E-state index < -0.39 is 5.60 Å². The second kappa shape index (κ2) is 5.28. The largest absolute Gasteiger partial charge is 0.382 e. The molecule has 0 bridgehead atoms. The molecule has 1 aromatic heterocycles. The normalized spacial score (nSPS) is 15.2. The summed E-state index contributed by atoms with van der Waals surface area (Å²) in [7, 11) is 0. The lowest BCUT2D eigenvalue weighted by atomic mass is 10.0. The van der Waals surface area contributed by atoms with Crippen molar-refractivity contribution in [2.45, 2.75) is 39.3 Å². The quantitative estimate of drug-likeness (QED) is 0.693. The summed E-state index contributed by atoms with van der Waals surface area (Å²) in [6.45, 7) is 8.50. The molecule has 0 aliphatic heterocycles. The SMILES string of the molecule is CCNCCC(C)(O)c1nccn1CC. The minimum absolute atomic E-state index is 0.678. The molecule has 0 saturated heterocycles. The average Bonchev–Trinajstić information content (AvgIpc) is 2.66. The Hall–Kier alpha value is -0.870. The predicted octanol–water partition coefficient (Wildman–Crippen LogP) is 1.11. The highest BCUT2D eigenvalue weighted by molar-refractivity contribution is 5.03. The van der Waals surface area contributed by atoms with Crippen LogP contribution in [0.2, 0.25) is 0 Å². The van der Waals surface area contributed by atoms with Crippen molar-refractivity contribution >= 4 is 0 Å². The number of aryl methyl sites for hydroxylation is 1. The lowest BCUT2D eigenvalue weighted by Crippen LogP contribution is -2.30. The van der Waals surface area contributed by atoms with E-state index in [-0.39, 0.29) is 0 Å². The molecule has 4 heteroatoms. The predicted molar refractivity (Wildman–Crippen MR) is 60.6 cm³/mol. The summed E-state index contributed by atoms with van der Waals surface area (Å²) in [5.41, 5.74) is -0.846. The lowest BCUT2D eigenvalue weighted by Gasteiger charge is -2.23. The number of hydrogen-bond donors (Lipinski definition) is 2.